The summed E-state index contributed by atoms with van der Waals surface area (Å²) in [5.74, 6) is 0. The molecule has 0 saturated carbocycles. The van der Waals surface area contributed by atoms with Crippen LogP contribution in [0.3, 0.4) is 0 Å². The highest BCUT2D eigenvalue weighted by Gasteiger charge is 2.18. The minimum Gasteiger partial charge on any atom is -0.398 e. The Morgan fingerprint density at radius 3 is 2.17 bits per heavy atom. The molecule has 0 aromatic heterocycles. The van der Waals surface area contributed by atoms with E-state index in [2.05, 4.69) is 8.37 Å². The number of hydrogen-bond donors (Lipinski definition) is 2. The third kappa shape index (κ3) is 4.58. The molecule has 18 heavy (non-hydrogen) atoms. The molecule has 0 heterocycles. The van der Waals surface area contributed by atoms with Crippen molar-refractivity contribution in [3.05, 3.63) is 24.3 Å². The summed E-state index contributed by atoms with van der Waals surface area (Å²) in [6, 6.07) is 5.64. The van der Waals surface area contributed by atoms with E-state index in [9.17, 15) is 16.8 Å². The number of anilines is 1. The first-order chi connectivity index (χ1) is 8.22. The van der Waals surface area contributed by atoms with Crippen LogP contribution >= 0.6 is 0 Å². The van der Waals surface area contributed by atoms with Crippen LogP contribution in [0.2, 0.25) is 0 Å². The molecule has 8 nitrogen and oxygen atoms in total. The van der Waals surface area contributed by atoms with Gasteiger partial charge in [0.2, 0.25) is 0 Å². The molecule has 0 aliphatic heterocycles. The maximum Gasteiger partial charge on any atom is 0.397 e. The first kappa shape index (κ1) is 14.9. The Labute approximate surface area is 104 Å². The molecule has 1 aromatic rings. The SMILES string of the molecule is Nc1ccccc1S(=O)(=O)OCCOS(=O)(=O)O. The Morgan fingerprint density at radius 1 is 1.06 bits per heavy atom. The molecule has 3 N–H and O–H groups in total. The van der Waals surface area contributed by atoms with E-state index in [1.807, 2.05) is 0 Å². The quantitative estimate of drug-likeness (QED) is 0.319. The monoisotopic (exact) mass is 297 g/mol. The Balaban J connectivity index is 2.65. The predicted octanol–water partition coefficient (Wildman–Crippen LogP) is -0.206. The number of para-hydroxylation sites is 1. The van der Waals surface area contributed by atoms with E-state index in [1.54, 1.807) is 6.07 Å². The maximum atomic E-state index is 11.6. The second-order valence-electron chi connectivity index (χ2n) is 3.06. The summed E-state index contributed by atoms with van der Waals surface area (Å²) < 4.78 is 60.2. The lowest BCUT2D eigenvalue weighted by Gasteiger charge is -2.07. The van der Waals surface area contributed by atoms with Crippen LogP contribution in [0.1, 0.15) is 0 Å². The number of hydrogen-bond acceptors (Lipinski definition) is 7. The fourth-order valence-electron chi connectivity index (χ4n) is 1.05. The highest BCUT2D eigenvalue weighted by Crippen LogP contribution is 2.19. The number of nitrogen functional groups attached to an aromatic ring is 1. The molecule has 0 atom stereocenters. The van der Waals surface area contributed by atoms with Crippen LogP contribution in [-0.4, -0.2) is 34.6 Å². The van der Waals surface area contributed by atoms with Crippen molar-refractivity contribution in [3.63, 3.8) is 0 Å². The van der Waals surface area contributed by atoms with Gasteiger partial charge in [0, 0.05) is 0 Å². The molecular formula is C8H11NO7S2. The van der Waals surface area contributed by atoms with E-state index in [0.29, 0.717) is 0 Å². The van der Waals surface area contributed by atoms with Crippen LogP contribution in [0.15, 0.2) is 29.2 Å². The fraction of sp³-hybridized carbons (Fsp3) is 0.250. The zero-order chi connectivity index (χ0) is 13.8. The summed E-state index contributed by atoms with van der Waals surface area (Å²) in [6.07, 6.45) is 0. The highest BCUT2D eigenvalue weighted by atomic mass is 32.3. The van der Waals surface area contributed by atoms with E-state index in [0.717, 1.165) is 0 Å². The van der Waals surface area contributed by atoms with E-state index in [1.165, 1.54) is 18.2 Å². The van der Waals surface area contributed by atoms with Crippen LogP contribution in [0.5, 0.6) is 0 Å². The van der Waals surface area contributed by atoms with Gasteiger partial charge in [-0.05, 0) is 12.1 Å². The van der Waals surface area contributed by atoms with Gasteiger partial charge in [0.1, 0.15) is 4.90 Å². The molecule has 0 bridgehead atoms. The molecule has 102 valence electrons. The van der Waals surface area contributed by atoms with Gasteiger partial charge in [-0.2, -0.15) is 16.8 Å². The lowest BCUT2D eigenvalue weighted by Crippen LogP contribution is -2.15. The van der Waals surface area contributed by atoms with Crippen molar-refractivity contribution in [1.82, 2.24) is 0 Å². The normalized spacial score (nSPS) is 12.5. The minimum atomic E-state index is -4.61. The first-order valence-corrected chi connectivity index (χ1v) is 7.35. The molecule has 0 unspecified atom stereocenters. The maximum absolute atomic E-state index is 11.6. The van der Waals surface area contributed by atoms with Crippen LogP contribution in [0, 0.1) is 0 Å². The zero-order valence-electron chi connectivity index (χ0n) is 9.01. The summed E-state index contributed by atoms with van der Waals surface area (Å²) in [5.41, 5.74) is 5.46. The fourth-order valence-corrected chi connectivity index (χ4v) is 2.35. The number of nitrogens with two attached hydrogens (primary N) is 1. The molecule has 1 rings (SSSR count). The zero-order valence-corrected chi connectivity index (χ0v) is 10.6. The van der Waals surface area contributed by atoms with Crippen molar-refractivity contribution < 1.29 is 29.8 Å². The lowest BCUT2D eigenvalue weighted by atomic mass is 10.3. The van der Waals surface area contributed by atoms with Crippen molar-refractivity contribution in [1.29, 1.82) is 0 Å². The van der Waals surface area contributed by atoms with Gasteiger partial charge in [0.15, 0.2) is 0 Å². The third-order valence-corrected chi connectivity index (χ3v) is 3.59. The van der Waals surface area contributed by atoms with Gasteiger partial charge < -0.3 is 5.73 Å². The summed E-state index contributed by atoms with van der Waals surface area (Å²) in [6.45, 7) is -1.21. The van der Waals surface area contributed by atoms with Crippen molar-refractivity contribution in [2.24, 2.45) is 0 Å². The number of rotatable bonds is 6. The molecular weight excluding hydrogens is 286 g/mol. The van der Waals surface area contributed by atoms with Gasteiger partial charge in [-0.15, -0.1) is 0 Å². The summed E-state index contributed by atoms with van der Waals surface area (Å²) in [7, 11) is -8.70. The van der Waals surface area contributed by atoms with Crippen LogP contribution in [0.25, 0.3) is 0 Å². The van der Waals surface area contributed by atoms with Gasteiger partial charge in [-0.1, -0.05) is 12.1 Å². The average molecular weight is 297 g/mol. The first-order valence-electron chi connectivity index (χ1n) is 4.58. The lowest BCUT2D eigenvalue weighted by molar-refractivity contribution is 0.205. The second kappa shape index (κ2) is 5.63. The summed E-state index contributed by atoms with van der Waals surface area (Å²) >= 11 is 0. The molecule has 0 aliphatic carbocycles. The topological polar surface area (TPSA) is 133 Å². The smallest absolute Gasteiger partial charge is 0.397 e. The van der Waals surface area contributed by atoms with E-state index >= 15 is 0 Å². The van der Waals surface area contributed by atoms with Gasteiger partial charge in [0.25, 0.3) is 10.1 Å². The molecule has 10 heteroatoms. The standard InChI is InChI=1S/C8H11NO7S2/c9-7-3-1-2-4-8(7)17(10,11)15-5-6-16-18(12,13)14/h1-4H,5-6,9H2,(H,12,13,14). The molecule has 1 aromatic carbocycles. The molecule has 0 fully saturated rings. The minimum absolute atomic E-state index is 0.00759. The summed E-state index contributed by atoms with van der Waals surface area (Å²) in [4.78, 5) is -0.225. The van der Waals surface area contributed by atoms with Crippen molar-refractivity contribution in [3.8, 4) is 0 Å². The van der Waals surface area contributed by atoms with Gasteiger partial charge >= 0.3 is 10.4 Å². The Bertz CT molecular complexity index is 608. The highest BCUT2D eigenvalue weighted by molar-refractivity contribution is 7.87. The Kier molecular flexibility index (Phi) is 4.65. The van der Waals surface area contributed by atoms with Crippen LogP contribution in [-0.2, 0) is 28.9 Å². The third-order valence-electron chi connectivity index (χ3n) is 1.74. The van der Waals surface area contributed by atoms with Gasteiger partial charge in [-0.25, -0.2) is 4.18 Å². The van der Waals surface area contributed by atoms with Crippen LogP contribution in [0.4, 0.5) is 5.69 Å². The second-order valence-corrected chi connectivity index (χ2v) is 5.74. The molecule has 0 saturated heterocycles. The molecule has 0 aliphatic rings. The predicted molar refractivity (Wildman–Crippen MR) is 61.5 cm³/mol. The van der Waals surface area contributed by atoms with E-state index in [-0.39, 0.29) is 10.6 Å². The Morgan fingerprint density at radius 2 is 1.61 bits per heavy atom. The number of benzene rings is 1. The average Bonchev–Trinajstić information content (AvgIpc) is 2.24. The van der Waals surface area contributed by atoms with E-state index < -0.39 is 33.7 Å². The largest absolute Gasteiger partial charge is 0.398 e. The van der Waals surface area contributed by atoms with Crippen LogP contribution < -0.4 is 5.73 Å². The Hall–Kier alpha value is -1.20. The molecule has 0 spiro atoms. The summed E-state index contributed by atoms with van der Waals surface area (Å²) in [5, 5.41) is 0. The van der Waals surface area contributed by atoms with Gasteiger partial charge in [0.05, 0.1) is 18.9 Å². The van der Waals surface area contributed by atoms with Crippen molar-refractivity contribution in [2.75, 3.05) is 18.9 Å². The molecule has 0 amide bonds. The van der Waals surface area contributed by atoms with Gasteiger partial charge in [-0.3, -0.25) is 8.74 Å². The van der Waals surface area contributed by atoms with E-state index in [4.69, 9.17) is 10.3 Å². The van der Waals surface area contributed by atoms with Crippen molar-refractivity contribution >= 4 is 26.2 Å². The molecule has 0 radical (unpaired) electrons. The van der Waals surface area contributed by atoms with Crippen molar-refractivity contribution in [2.45, 2.75) is 4.90 Å².